The van der Waals surface area contributed by atoms with E-state index >= 15 is 0 Å². The van der Waals surface area contributed by atoms with Crippen molar-refractivity contribution < 1.29 is 22.4 Å². The summed E-state index contributed by atoms with van der Waals surface area (Å²) >= 11 is 0. The fraction of sp³-hybridized carbons (Fsp3) is 0.238. The van der Waals surface area contributed by atoms with E-state index in [1.54, 1.807) is 0 Å². The summed E-state index contributed by atoms with van der Waals surface area (Å²) in [6.07, 6.45) is -2.48. The normalized spacial score (nSPS) is 11.8. The number of carbonyl (C=O) groups is 1. The summed E-state index contributed by atoms with van der Waals surface area (Å²) in [5.74, 6) is -0.997. The van der Waals surface area contributed by atoms with E-state index in [0.29, 0.717) is 12.4 Å². The third kappa shape index (κ3) is 5.34. The van der Waals surface area contributed by atoms with Gasteiger partial charge >= 0.3 is 6.18 Å². The van der Waals surface area contributed by atoms with Gasteiger partial charge in [0.1, 0.15) is 11.6 Å². The van der Waals surface area contributed by atoms with E-state index < -0.39 is 29.2 Å². The van der Waals surface area contributed by atoms with Crippen LogP contribution >= 0.6 is 0 Å². The minimum absolute atomic E-state index is 0.0819. The Morgan fingerprint density at radius 3 is 2.70 bits per heavy atom. The molecule has 1 amide bonds. The largest absolute Gasteiger partial charge is 0.435 e. The van der Waals surface area contributed by atoms with E-state index in [-0.39, 0.29) is 25.3 Å². The highest BCUT2D eigenvalue weighted by Gasteiger charge is 2.39. The number of amides is 1. The van der Waals surface area contributed by atoms with E-state index in [4.69, 9.17) is 0 Å². The predicted molar refractivity (Wildman–Crippen MR) is 110 cm³/mol. The van der Waals surface area contributed by atoms with Gasteiger partial charge in [-0.15, -0.1) is 0 Å². The number of fused-ring (bicyclic) bond motifs is 1. The Kier molecular flexibility index (Phi) is 6.36. The Balaban J connectivity index is 1.38. The second kappa shape index (κ2) is 9.36. The van der Waals surface area contributed by atoms with Crippen LogP contribution in [-0.4, -0.2) is 37.2 Å². The van der Waals surface area contributed by atoms with Gasteiger partial charge in [0.25, 0.3) is 5.91 Å². The fourth-order valence-corrected chi connectivity index (χ4v) is 3.21. The van der Waals surface area contributed by atoms with Crippen LogP contribution in [0.5, 0.6) is 0 Å². The van der Waals surface area contributed by atoms with Crippen LogP contribution in [0.25, 0.3) is 11.0 Å². The number of pyridine rings is 1. The third-order valence-corrected chi connectivity index (χ3v) is 4.77. The Bertz CT molecular complexity index is 1230. The summed E-state index contributed by atoms with van der Waals surface area (Å²) in [5, 5.41) is 8.87. The molecule has 33 heavy (non-hydrogen) atoms. The van der Waals surface area contributed by atoms with Crippen LogP contribution in [0.15, 0.2) is 48.8 Å². The second-order valence-electron chi connectivity index (χ2n) is 7.14. The first-order valence-electron chi connectivity index (χ1n) is 9.98. The topological polar surface area (TPSA) is 101 Å². The van der Waals surface area contributed by atoms with Gasteiger partial charge in [0, 0.05) is 18.9 Å². The molecule has 4 rings (SSSR count). The van der Waals surface area contributed by atoms with Crippen molar-refractivity contribution in [1.82, 2.24) is 35.4 Å². The van der Waals surface area contributed by atoms with Crippen molar-refractivity contribution in [3.63, 3.8) is 0 Å². The summed E-state index contributed by atoms with van der Waals surface area (Å²) in [5.41, 5.74) is -0.327. The van der Waals surface area contributed by atoms with Gasteiger partial charge in [0.2, 0.25) is 0 Å². The van der Waals surface area contributed by atoms with Crippen molar-refractivity contribution in [3.8, 4) is 0 Å². The third-order valence-electron chi connectivity index (χ3n) is 4.77. The number of nitrogens with zero attached hydrogens (tertiary/aromatic N) is 4. The molecule has 3 heterocycles. The molecule has 0 spiro atoms. The lowest BCUT2D eigenvalue weighted by Crippen LogP contribution is -2.26. The average Bonchev–Trinajstić information content (AvgIpc) is 3.40. The van der Waals surface area contributed by atoms with Crippen LogP contribution in [0.1, 0.15) is 27.6 Å². The maximum atomic E-state index is 13.6. The number of H-pyrrole nitrogens is 1. The van der Waals surface area contributed by atoms with E-state index in [2.05, 4.69) is 30.7 Å². The van der Waals surface area contributed by atoms with Crippen molar-refractivity contribution in [1.29, 1.82) is 0 Å². The minimum atomic E-state index is -4.82. The molecule has 0 fully saturated rings. The van der Waals surface area contributed by atoms with Crippen LogP contribution in [0, 0.1) is 5.82 Å². The molecule has 0 unspecified atom stereocenters. The van der Waals surface area contributed by atoms with Crippen molar-refractivity contribution in [2.75, 3.05) is 6.54 Å². The maximum Gasteiger partial charge on any atom is 0.435 e. The lowest BCUT2D eigenvalue weighted by Gasteiger charge is -2.07. The van der Waals surface area contributed by atoms with Gasteiger partial charge in [-0.25, -0.2) is 9.37 Å². The summed E-state index contributed by atoms with van der Waals surface area (Å²) < 4.78 is 54.9. The summed E-state index contributed by atoms with van der Waals surface area (Å²) in [7, 11) is 0. The number of para-hydroxylation sites is 2. The number of halogens is 4. The number of aromatic nitrogens is 5. The molecule has 0 saturated carbocycles. The lowest BCUT2D eigenvalue weighted by molar-refractivity contribution is -0.141. The molecule has 172 valence electrons. The van der Waals surface area contributed by atoms with Crippen molar-refractivity contribution in [2.45, 2.75) is 25.8 Å². The lowest BCUT2D eigenvalue weighted by atomic mass is 10.2. The highest BCUT2D eigenvalue weighted by molar-refractivity contribution is 5.95. The van der Waals surface area contributed by atoms with Gasteiger partial charge in [-0.2, -0.15) is 18.3 Å². The second-order valence-corrected chi connectivity index (χ2v) is 7.14. The number of nitrogens with one attached hydrogen (secondary N) is 3. The van der Waals surface area contributed by atoms with E-state index in [9.17, 15) is 22.4 Å². The van der Waals surface area contributed by atoms with Crippen LogP contribution in [-0.2, 0) is 25.8 Å². The Morgan fingerprint density at radius 1 is 1.12 bits per heavy atom. The zero-order valence-electron chi connectivity index (χ0n) is 17.2. The first-order chi connectivity index (χ1) is 15.8. The number of imidazole rings is 1. The molecule has 3 N–H and O–H groups in total. The molecule has 0 atom stereocenters. The Labute approximate surface area is 185 Å². The molecule has 3 aromatic heterocycles. The Hall–Kier alpha value is -3.80. The monoisotopic (exact) mass is 461 g/mol. The van der Waals surface area contributed by atoms with Crippen molar-refractivity contribution >= 4 is 16.9 Å². The molecule has 8 nitrogen and oxygen atoms in total. The van der Waals surface area contributed by atoms with E-state index in [1.165, 1.54) is 12.3 Å². The van der Waals surface area contributed by atoms with Gasteiger partial charge in [-0.3, -0.25) is 14.5 Å². The number of rotatable bonds is 8. The number of hydrogen-bond acceptors (Lipinski definition) is 5. The van der Waals surface area contributed by atoms with Crippen LogP contribution in [0.2, 0.25) is 0 Å². The van der Waals surface area contributed by atoms with Gasteiger partial charge in [0.05, 0.1) is 41.9 Å². The maximum absolute atomic E-state index is 13.6. The van der Waals surface area contributed by atoms with E-state index in [0.717, 1.165) is 28.0 Å². The number of alkyl halides is 3. The van der Waals surface area contributed by atoms with Gasteiger partial charge in [0.15, 0.2) is 5.69 Å². The first-order valence-corrected chi connectivity index (χ1v) is 9.98. The minimum Gasteiger partial charge on any atom is -0.346 e. The molecule has 0 aliphatic carbocycles. The summed E-state index contributed by atoms with van der Waals surface area (Å²) in [4.78, 5) is 23.7. The summed E-state index contributed by atoms with van der Waals surface area (Å²) in [6.45, 7) is 0.403. The van der Waals surface area contributed by atoms with Gasteiger partial charge in [-0.05, 0) is 24.3 Å². The number of aromatic amines is 1. The van der Waals surface area contributed by atoms with Crippen molar-refractivity contribution in [2.24, 2.45) is 0 Å². The SMILES string of the molecule is O=C(NCc1ncccc1F)c1cn(CCNCc2nc3ccccc3[nH]2)nc1C(F)(F)F. The molecule has 0 aliphatic rings. The molecule has 0 aliphatic heterocycles. The smallest absolute Gasteiger partial charge is 0.346 e. The fourth-order valence-electron chi connectivity index (χ4n) is 3.21. The molecule has 1 aromatic carbocycles. The predicted octanol–water partition coefficient (Wildman–Crippen LogP) is 3.03. The van der Waals surface area contributed by atoms with Crippen LogP contribution in [0.3, 0.4) is 0 Å². The van der Waals surface area contributed by atoms with Gasteiger partial charge < -0.3 is 15.6 Å². The van der Waals surface area contributed by atoms with Gasteiger partial charge in [-0.1, -0.05) is 12.1 Å². The molecule has 0 radical (unpaired) electrons. The molecule has 12 heteroatoms. The molecule has 0 bridgehead atoms. The van der Waals surface area contributed by atoms with Crippen LogP contribution < -0.4 is 10.6 Å². The average molecular weight is 461 g/mol. The van der Waals surface area contributed by atoms with E-state index in [1.807, 2.05) is 24.3 Å². The zero-order chi connectivity index (χ0) is 23.4. The first kappa shape index (κ1) is 22.4. The summed E-state index contributed by atoms with van der Waals surface area (Å²) in [6, 6.07) is 10.0. The molecular formula is C21H19F4N7O. The molecule has 4 aromatic rings. The number of benzene rings is 1. The highest BCUT2D eigenvalue weighted by atomic mass is 19.4. The molecule has 0 saturated heterocycles. The quantitative estimate of drug-likeness (QED) is 0.277. The van der Waals surface area contributed by atoms with Crippen LogP contribution in [0.4, 0.5) is 17.6 Å². The number of carbonyl (C=O) groups excluding carboxylic acids is 1. The number of hydrogen-bond donors (Lipinski definition) is 3. The Morgan fingerprint density at radius 2 is 1.94 bits per heavy atom. The van der Waals surface area contributed by atoms with Crippen molar-refractivity contribution in [3.05, 3.63) is 77.4 Å². The highest BCUT2D eigenvalue weighted by Crippen LogP contribution is 2.30. The molecular weight excluding hydrogens is 442 g/mol. The standard InChI is InChI=1S/C21H19F4N7O/c22-14-4-3-7-27-17(14)10-28-20(33)13-12-32(31-19(13)21(23,24)25)9-8-26-11-18-29-15-5-1-2-6-16(15)30-18/h1-7,12,26H,8-11H2,(H,28,33)(H,29,30). The zero-order valence-corrected chi connectivity index (χ0v) is 17.2.